The monoisotopic (exact) mass is 447 g/mol. The van der Waals surface area contributed by atoms with Crippen LogP contribution in [0, 0.1) is 13.8 Å². The number of fused-ring (bicyclic) bond motifs is 3. The van der Waals surface area contributed by atoms with Crippen molar-refractivity contribution in [3.05, 3.63) is 64.8 Å². The van der Waals surface area contributed by atoms with Crippen molar-refractivity contribution < 1.29 is 14.3 Å². The van der Waals surface area contributed by atoms with Gasteiger partial charge >= 0.3 is 6.09 Å². The Hall–Kier alpha value is -3.28. The minimum Gasteiger partial charge on any atom is -0.444 e. The summed E-state index contributed by atoms with van der Waals surface area (Å²) in [6.45, 7) is 11.1. The third kappa shape index (κ3) is 4.90. The molecule has 0 bridgehead atoms. The van der Waals surface area contributed by atoms with E-state index < -0.39 is 5.60 Å². The summed E-state index contributed by atoms with van der Waals surface area (Å²) in [7, 11) is 0. The average Bonchev–Trinajstić information content (AvgIpc) is 2.89. The van der Waals surface area contributed by atoms with E-state index in [1.54, 1.807) is 4.90 Å². The van der Waals surface area contributed by atoms with Crippen molar-refractivity contribution in [2.24, 2.45) is 0 Å². The fraction of sp³-hybridized carbons (Fsp3) is 0.407. The number of nitrogens with zero attached hydrogens (tertiary/aromatic N) is 2. The molecule has 2 heterocycles. The molecule has 0 aliphatic carbocycles. The molecule has 174 valence electrons. The van der Waals surface area contributed by atoms with Gasteiger partial charge in [-0.3, -0.25) is 4.79 Å². The molecule has 1 aromatic heterocycles. The van der Waals surface area contributed by atoms with E-state index in [1.165, 1.54) is 5.56 Å². The molecule has 3 aromatic rings. The van der Waals surface area contributed by atoms with Gasteiger partial charge in [0.15, 0.2) is 0 Å². The van der Waals surface area contributed by atoms with Crippen LogP contribution >= 0.6 is 0 Å². The second-order valence-electron chi connectivity index (χ2n) is 9.79. The van der Waals surface area contributed by atoms with Gasteiger partial charge in [0.25, 0.3) is 0 Å². The Morgan fingerprint density at radius 2 is 1.73 bits per heavy atom. The van der Waals surface area contributed by atoms with Crippen LogP contribution in [0.2, 0.25) is 0 Å². The minimum atomic E-state index is -0.524. The number of hydrogen-bond donors (Lipinski definition) is 1. The number of benzene rings is 2. The lowest BCUT2D eigenvalue weighted by Crippen LogP contribution is -2.38. The summed E-state index contributed by atoms with van der Waals surface area (Å²) < 4.78 is 7.71. The summed E-state index contributed by atoms with van der Waals surface area (Å²) in [5.41, 5.74) is 5.95. The van der Waals surface area contributed by atoms with Gasteiger partial charge in [0.2, 0.25) is 5.91 Å². The molecule has 33 heavy (non-hydrogen) atoms. The van der Waals surface area contributed by atoms with E-state index in [0.717, 1.165) is 39.8 Å². The van der Waals surface area contributed by atoms with E-state index in [1.807, 2.05) is 65.0 Å². The smallest absolute Gasteiger partial charge is 0.410 e. The Morgan fingerprint density at radius 3 is 2.48 bits per heavy atom. The van der Waals surface area contributed by atoms with Crippen molar-refractivity contribution in [1.29, 1.82) is 0 Å². The third-order valence-electron chi connectivity index (χ3n) is 6.28. The van der Waals surface area contributed by atoms with E-state index >= 15 is 0 Å². The molecule has 0 saturated heterocycles. The molecule has 0 radical (unpaired) electrons. The second kappa shape index (κ2) is 8.93. The minimum absolute atomic E-state index is 0.0551. The molecule has 0 fully saturated rings. The molecule has 6 nitrogen and oxygen atoms in total. The maximum Gasteiger partial charge on any atom is 0.410 e. The van der Waals surface area contributed by atoms with Crippen LogP contribution < -0.4 is 5.32 Å². The highest BCUT2D eigenvalue weighted by molar-refractivity contribution is 5.94. The van der Waals surface area contributed by atoms with Gasteiger partial charge < -0.3 is 19.5 Å². The number of carbonyl (C=O) groups is 2. The van der Waals surface area contributed by atoms with Gasteiger partial charge in [0.05, 0.1) is 0 Å². The number of para-hydroxylation sites is 1. The van der Waals surface area contributed by atoms with Crippen molar-refractivity contribution in [2.45, 2.75) is 59.6 Å². The SMILES string of the molecule is Cc1cccc(NC(=O)Cn2c3c(c4ccccc42)CCN(C(=O)OC(C)(C)C)CC3)c1C. The quantitative estimate of drug-likeness (QED) is 0.598. The number of nitrogens with one attached hydrogen (secondary N) is 1. The molecule has 0 saturated carbocycles. The first kappa shape index (κ1) is 22.9. The van der Waals surface area contributed by atoms with Gasteiger partial charge in [0, 0.05) is 41.8 Å². The normalized spacial score (nSPS) is 14.0. The summed E-state index contributed by atoms with van der Waals surface area (Å²) in [6, 6.07) is 14.2. The zero-order valence-corrected chi connectivity index (χ0v) is 20.2. The summed E-state index contributed by atoms with van der Waals surface area (Å²) in [4.78, 5) is 27.5. The van der Waals surface area contributed by atoms with Crippen LogP contribution in [0.15, 0.2) is 42.5 Å². The molecule has 2 aromatic carbocycles. The van der Waals surface area contributed by atoms with Gasteiger partial charge in [-0.1, -0.05) is 30.3 Å². The second-order valence-corrected chi connectivity index (χ2v) is 9.79. The standard InChI is InChI=1S/C27H33N3O3/c1-18-9-8-11-22(19(18)2)28-25(31)17-30-23-12-7-6-10-20(23)21-13-15-29(16-14-24(21)30)26(32)33-27(3,4)5/h6-12H,13-17H2,1-5H3,(H,28,31). The lowest BCUT2D eigenvalue weighted by molar-refractivity contribution is -0.116. The zero-order chi connectivity index (χ0) is 23.8. The Bertz CT molecular complexity index is 1200. The van der Waals surface area contributed by atoms with Gasteiger partial charge in [-0.15, -0.1) is 0 Å². The number of aryl methyl sites for hydroxylation is 1. The molecular weight excluding hydrogens is 414 g/mol. The fourth-order valence-corrected chi connectivity index (χ4v) is 4.50. The Kier molecular flexibility index (Phi) is 6.19. The Labute approximate surface area is 195 Å². The van der Waals surface area contributed by atoms with E-state index in [0.29, 0.717) is 19.5 Å². The fourth-order valence-electron chi connectivity index (χ4n) is 4.50. The number of aromatic nitrogens is 1. The molecule has 2 amide bonds. The topological polar surface area (TPSA) is 63.6 Å². The van der Waals surface area contributed by atoms with E-state index in [9.17, 15) is 9.59 Å². The van der Waals surface area contributed by atoms with Gasteiger partial charge in [-0.25, -0.2) is 4.79 Å². The summed E-state index contributed by atoms with van der Waals surface area (Å²) >= 11 is 0. The summed E-state index contributed by atoms with van der Waals surface area (Å²) in [5.74, 6) is -0.0551. The highest BCUT2D eigenvalue weighted by Gasteiger charge is 2.27. The number of hydrogen-bond acceptors (Lipinski definition) is 3. The molecule has 4 rings (SSSR count). The van der Waals surface area contributed by atoms with Crippen molar-refractivity contribution >= 4 is 28.6 Å². The van der Waals surface area contributed by atoms with Gasteiger partial charge in [0.1, 0.15) is 12.1 Å². The first-order valence-corrected chi connectivity index (χ1v) is 11.6. The zero-order valence-electron chi connectivity index (χ0n) is 20.2. The Morgan fingerprint density at radius 1 is 1.00 bits per heavy atom. The number of carbonyl (C=O) groups excluding carboxylic acids is 2. The summed E-state index contributed by atoms with van der Waals surface area (Å²) in [6.07, 6.45) is 1.14. The van der Waals surface area contributed by atoms with E-state index in [2.05, 4.69) is 22.0 Å². The van der Waals surface area contributed by atoms with Crippen LogP contribution in [-0.2, 0) is 28.9 Å². The highest BCUT2D eigenvalue weighted by atomic mass is 16.6. The summed E-state index contributed by atoms with van der Waals surface area (Å²) in [5, 5.41) is 4.24. The first-order chi connectivity index (χ1) is 15.6. The lowest BCUT2D eigenvalue weighted by Gasteiger charge is -2.26. The van der Waals surface area contributed by atoms with Crippen molar-refractivity contribution in [3.63, 3.8) is 0 Å². The van der Waals surface area contributed by atoms with Crippen LogP contribution in [-0.4, -0.2) is 40.2 Å². The maximum absolute atomic E-state index is 13.1. The van der Waals surface area contributed by atoms with Crippen molar-refractivity contribution in [1.82, 2.24) is 9.47 Å². The van der Waals surface area contributed by atoms with Crippen LogP contribution in [0.3, 0.4) is 0 Å². The molecule has 6 heteroatoms. The van der Waals surface area contributed by atoms with Crippen molar-refractivity contribution in [2.75, 3.05) is 18.4 Å². The molecule has 0 atom stereocenters. The molecule has 0 spiro atoms. The average molecular weight is 448 g/mol. The van der Waals surface area contributed by atoms with Crippen LogP contribution in [0.4, 0.5) is 10.5 Å². The van der Waals surface area contributed by atoms with Crippen molar-refractivity contribution in [3.8, 4) is 0 Å². The molecule has 1 N–H and O–H groups in total. The molecular formula is C27H33N3O3. The molecule has 1 aliphatic rings. The molecule has 0 unspecified atom stereocenters. The van der Waals surface area contributed by atoms with E-state index in [-0.39, 0.29) is 18.5 Å². The van der Waals surface area contributed by atoms with Gasteiger partial charge in [-0.2, -0.15) is 0 Å². The molecule has 1 aliphatic heterocycles. The van der Waals surface area contributed by atoms with Crippen LogP contribution in [0.25, 0.3) is 10.9 Å². The number of amides is 2. The number of anilines is 1. The number of ether oxygens (including phenoxy) is 1. The number of rotatable bonds is 3. The highest BCUT2D eigenvalue weighted by Crippen LogP contribution is 2.30. The third-order valence-corrected chi connectivity index (χ3v) is 6.28. The van der Waals surface area contributed by atoms with Crippen LogP contribution in [0.5, 0.6) is 0 Å². The van der Waals surface area contributed by atoms with E-state index in [4.69, 9.17) is 4.74 Å². The largest absolute Gasteiger partial charge is 0.444 e. The van der Waals surface area contributed by atoms with Crippen LogP contribution in [0.1, 0.15) is 43.2 Å². The lowest BCUT2D eigenvalue weighted by atomic mass is 10.1. The van der Waals surface area contributed by atoms with Gasteiger partial charge in [-0.05, 0) is 69.9 Å². The predicted octanol–water partition coefficient (Wildman–Crippen LogP) is 5.23. The maximum atomic E-state index is 13.1. The predicted molar refractivity (Wildman–Crippen MR) is 132 cm³/mol. The Balaban J connectivity index is 1.60. The first-order valence-electron chi connectivity index (χ1n) is 11.6.